The lowest BCUT2D eigenvalue weighted by Gasteiger charge is -2.32. The van der Waals surface area contributed by atoms with Gasteiger partial charge in [0.15, 0.2) is 18.1 Å². The molecule has 0 spiro atoms. The molecule has 1 saturated heterocycles. The van der Waals surface area contributed by atoms with E-state index in [9.17, 15) is 9.59 Å². The molecule has 0 saturated carbocycles. The Kier molecular flexibility index (Phi) is 7.94. The molecule has 1 N–H and O–H groups in total. The molecule has 30 heavy (non-hydrogen) atoms. The van der Waals surface area contributed by atoms with Crippen molar-refractivity contribution in [3.05, 3.63) is 60.2 Å². The van der Waals surface area contributed by atoms with Crippen molar-refractivity contribution >= 4 is 12.0 Å². The third-order valence-corrected chi connectivity index (χ3v) is 4.88. The molecule has 1 fully saturated rings. The maximum Gasteiger partial charge on any atom is 0.407 e. The van der Waals surface area contributed by atoms with Crippen LogP contribution in [0.3, 0.4) is 0 Å². The van der Waals surface area contributed by atoms with Gasteiger partial charge in [0.05, 0.1) is 6.61 Å². The molecule has 160 valence electrons. The summed E-state index contributed by atoms with van der Waals surface area (Å²) in [6.07, 6.45) is 0.933. The van der Waals surface area contributed by atoms with Crippen molar-refractivity contribution in [3.63, 3.8) is 0 Å². The third-order valence-electron chi connectivity index (χ3n) is 4.88. The first kappa shape index (κ1) is 21.5. The highest BCUT2D eigenvalue weighted by atomic mass is 16.5. The molecule has 7 nitrogen and oxygen atoms in total. The van der Waals surface area contributed by atoms with Crippen LogP contribution in [-0.4, -0.2) is 49.2 Å². The minimum atomic E-state index is -0.431. The first-order valence-corrected chi connectivity index (χ1v) is 10.3. The van der Waals surface area contributed by atoms with Gasteiger partial charge in [0.25, 0.3) is 5.91 Å². The van der Waals surface area contributed by atoms with Crippen molar-refractivity contribution in [2.75, 3.05) is 26.3 Å². The van der Waals surface area contributed by atoms with E-state index in [0.29, 0.717) is 44.0 Å². The van der Waals surface area contributed by atoms with Gasteiger partial charge >= 0.3 is 6.09 Å². The van der Waals surface area contributed by atoms with Gasteiger partial charge in [0, 0.05) is 19.1 Å². The number of benzene rings is 2. The summed E-state index contributed by atoms with van der Waals surface area (Å²) in [4.78, 5) is 26.2. The molecular formula is C23H28N2O5. The number of carbonyl (C=O) groups excluding carboxylic acids is 2. The third kappa shape index (κ3) is 6.40. The fraction of sp³-hybridized carbons (Fsp3) is 0.391. The zero-order valence-electron chi connectivity index (χ0n) is 17.2. The van der Waals surface area contributed by atoms with Crippen LogP contribution in [-0.2, 0) is 16.1 Å². The van der Waals surface area contributed by atoms with Crippen LogP contribution in [0, 0.1) is 0 Å². The molecule has 2 amide bonds. The normalized spacial score (nSPS) is 14.1. The second kappa shape index (κ2) is 11.1. The maximum atomic E-state index is 12.5. The minimum Gasteiger partial charge on any atom is -0.490 e. The number of amides is 2. The van der Waals surface area contributed by atoms with E-state index >= 15 is 0 Å². The van der Waals surface area contributed by atoms with E-state index in [1.54, 1.807) is 11.0 Å². The Morgan fingerprint density at radius 2 is 1.60 bits per heavy atom. The summed E-state index contributed by atoms with van der Waals surface area (Å²) in [6.45, 7) is 3.77. The zero-order valence-corrected chi connectivity index (χ0v) is 17.2. The Bertz CT molecular complexity index is 819. The van der Waals surface area contributed by atoms with E-state index in [2.05, 4.69) is 5.32 Å². The van der Waals surface area contributed by atoms with Crippen LogP contribution >= 0.6 is 0 Å². The number of ether oxygens (including phenoxy) is 3. The van der Waals surface area contributed by atoms with E-state index in [4.69, 9.17) is 14.2 Å². The molecule has 0 aromatic heterocycles. The summed E-state index contributed by atoms with van der Waals surface area (Å²) in [5, 5.41) is 2.88. The number of likely N-dealkylation sites (tertiary alicyclic amines) is 1. The quantitative estimate of drug-likeness (QED) is 0.719. The number of hydrogen-bond acceptors (Lipinski definition) is 5. The number of nitrogens with one attached hydrogen (secondary N) is 1. The predicted molar refractivity (Wildman–Crippen MR) is 112 cm³/mol. The molecule has 2 aromatic carbocycles. The Morgan fingerprint density at radius 3 is 2.27 bits per heavy atom. The molecule has 1 aliphatic rings. The van der Waals surface area contributed by atoms with Gasteiger partial charge in [-0.15, -0.1) is 0 Å². The molecule has 1 aliphatic heterocycles. The number of para-hydroxylation sites is 2. The van der Waals surface area contributed by atoms with Crippen LogP contribution in [0.5, 0.6) is 11.5 Å². The standard InChI is InChI=1S/C23H28N2O5/c1-2-28-20-10-6-7-11-21(20)29-17-22(26)25-14-12-19(13-15-25)24-23(27)30-16-18-8-4-3-5-9-18/h3-11,19H,2,12-17H2,1H3,(H,24,27). The van der Waals surface area contributed by atoms with Crippen molar-refractivity contribution < 1.29 is 23.8 Å². The van der Waals surface area contributed by atoms with Gasteiger partial charge in [-0.1, -0.05) is 42.5 Å². The molecule has 3 rings (SSSR count). The molecule has 0 unspecified atom stereocenters. The molecule has 1 heterocycles. The van der Waals surface area contributed by atoms with Crippen LogP contribution in [0.15, 0.2) is 54.6 Å². The van der Waals surface area contributed by atoms with E-state index in [1.807, 2.05) is 55.5 Å². The van der Waals surface area contributed by atoms with Crippen LogP contribution in [0.25, 0.3) is 0 Å². The monoisotopic (exact) mass is 412 g/mol. The van der Waals surface area contributed by atoms with E-state index < -0.39 is 6.09 Å². The Hall–Kier alpha value is -3.22. The first-order chi connectivity index (χ1) is 14.7. The number of rotatable bonds is 8. The first-order valence-electron chi connectivity index (χ1n) is 10.3. The highest BCUT2D eigenvalue weighted by Gasteiger charge is 2.24. The van der Waals surface area contributed by atoms with Gasteiger partial charge in [-0.2, -0.15) is 0 Å². The number of alkyl carbamates (subject to hydrolysis) is 1. The molecule has 2 aromatic rings. The summed E-state index contributed by atoms with van der Waals surface area (Å²) in [5.41, 5.74) is 0.943. The van der Waals surface area contributed by atoms with E-state index in [-0.39, 0.29) is 25.2 Å². The van der Waals surface area contributed by atoms with Crippen molar-refractivity contribution in [2.24, 2.45) is 0 Å². The molecule has 0 aliphatic carbocycles. The molecule has 7 heteroatoms. The lowest BCUT2D eigenvalue weighted by atomic mass is 10.1. The summed E-state index contributed by atoms with van der Waals surface area (Å²) >= 11 is 0. The summed E-state index contributed by atoms with van der Waals surface area (Å²) in [7, 11) is 0. The van der Waals surface area contributed by atoms with Gasteiger partial charge < -0.3 is 24.4 Å². The molecule has 0 radical (unpaired) electrons. The fourth-order valence-corrected chi connectivity index (χ4v) is 3.28. The highest BCUT2D eigenvalue weighted by molar-refractivity contribution is 5.78. The Balaban J connectivity index is 1.37. The SMILES string of the molecule is CCOc1ccccc1OCC(=O)N1CCC(NC(=O)OCc2ccccc2)CC1. The van der Waals surface area contributed by atoms with Gasteiger partial charge in [-0.05, 0) is 37.5 Å². The average Bonchev–Trinajstić information content (AvgIpc) is 2.78. The number of hydrogen-bond donors (Lipinski definition) is 1. The summed E-state index contributed by atoms with van der Waals surface area (Å²) < 4.78 is 16.4. The van der Waals surface area contributed by atoms with Gasteiger partial charge in [0.1, 0.15) is 6.61 Å². The maximum absolute atomic E-state index is 12.5. The van der Waals surface area contributed by atoms with Gasteiger partial charge in [-0.3, -0.25) is 4.79 Å². The Labute approximate surface area is 176 Å². The topological polar surface area (TPSA) is 77.1 Å². The zero-order chi connectivity index (χ0) is 21.2. The van der Waals surface area contributed by atoms with Crippen LogP contribution in [0.2, 0.25) is 0 Å². The van der Waals surface area contributed by atoms with Crippen molar-refractivity contribution in [3.8, 4) is 11.5 Å². The molecule has 0 bridgehead atoms. The fourth-order valence-electron chi connectivity index (χ4n) is 3.28. The van der Waals surface area contributed by atoms with Crippen LogP contribution < -0.4 is 14.8 Å². The second-order valence-corrected chi connectivity index (χ2v) is 7.03. The highest BCUT2D eigenvalue weighted by Crippen LogP contribution is 2.26. The average molecular weight is 412 g/mol. The van der Waals surface area contributed by atoms with E-state index in [0.717, 1.165) is 5.56 Å². The minimum absolute atomic E-state index is 0.00285. The smallest absolute Gasteiger partial charge is 0.407 e. The lowest BCUT2D eigenvalue weighted by molar-refractivity contribution is -0.134. The van der Waals surface area contributed by atoms with Crippen LogP contribution in [0.4, 0.5) is 4.79 Å². The molecule has 0 atom stereocenters. The number of piperidine rings is 1. The van der Waals surface area contributed by atoms with Crippen molar-refractivity contribution in [1.29, 1.82) is 0 Å². The summed E-state index contributed by atoms with van der Waals surface area (Å²) in [6, 6.07) is 16.9. The lowest BCUT2D eigenvalue weighted by Crippen LogP contribution is -2.47. The summed E-state index contributed by atoms with van der Waals surface area (Å²) in [5.74, 6) is 1.11. The Morgan fingerprint density at radius 1 is 0.967 bits per heavy atom. The van der Waals surface area contributed by atoms with Gasteiger partial charge in [-0.25, -0.2) is 4.79 Å². The van der Waals surface area contributed by atoms with Gasteiger partial charge in [0.2, 0.25) is 0 Å². The number of nitrogens with zero attached hydrogens (tertiary/aromatic N) is 1. The predicted octanol–water partition coefficient (Wildman–Crippen LogP) is 3.38. The molecular weight excluding hydrogens is 384 g/mol. The van der Waals surface area contributed by atoms with Crippen LogP contribution in [0.1, 0.15) is 25.3 Å². The second-order valence-electron chi connectivity index (χ2n) is 7.03. The largest absolute Gasteiger partial charge is 0.490 e. The van der Waals surface area contributed by atoms with Crippen molar-refractivity contribution in [2.45, 2.75) is 32.4 Å². The number of carbonyl (C=O) groups is 2. The van der Waals surface area contributed by atoms with Crippen molar-refractivity contribution in [1.82, 2.24) is 10.2 Å². The van der Waals surface area contributed by atoms with E-state index in [1.165, 1.54) is 0 Å².